The van der Waals surface area contributed by atoms with Crippen LogP contribution >= 0.6 is 0 Å². The second-order valence-electron chi connectivity index (χ2n) is 5.07. The van der Waals surface area contributed by atoms with Gasteiger partial charge in [-0.1, -0.05) is 29.8 Å². The molecule has 1 aliphatic heterocycles. The summed E-state index contributed by atoms with van der Waals surface area (Å²) in [6.07, 6.45) is 0. The molecular weight excluding hydrogens is 288 g/mol. The van der Waals surface area contributed by atoms with E-state index in [0.717, 1.165) is 10.5 Å². The lowest BCUT2D eigenvalue weighted by atomic mass is 10.1. The Labute approximate surface area is 127 Å². The van der Waals surface area contributed by atoms with E-state index in [-0.39, 0.29) is 12.3 Å². The summed E-state index contributed by atoms with van der Waals surface area (Å²) in [5.41, 5.74) is 1.45. The molecule has 1 saturated heterocycles. The molecule has 2 rings (SSSR count). The van der Waals surface area contributed by atoms with Crippen molar-refractivity contribution < 1.29 is 23.9 Å². The highest BCUT2D eigenvalue weighted by Gasteiger charge is 2.35. The fourth-order valence-corrected chi connectivity index (χ4v) is 1.97. The van der Waals surface area contributed by atoms with Gasteiger partial charge in [0.05, 0.1) is 0 Å². The third-order valence-electron chi connectivity index (χ3n) is 3.26. The van der Waals surface area contributed by atoms with Crippen LogP contribution in [0.4, 0.5) is 4.79 Å². The van der Waals surface area contributed by atoms with Crippen molar-refractivity contribution in [3.05, 3.63) is 35.4 Å². The molecule has 1 aromatic rings. The van der Waals surface area contributed by atoms with Crippen molar-refractivity contribution in [1.29, 1.82) is 0 Å². The minimum absolute atomic E-state index is 0.0611. The Morgan fingerprint density at radius 2 is 1.82 bits per heavy atom. The fraction of sp³-hybridized carbons (Fsp3) is 0.333. The van der Waals surface area contributed by atoms with Gasteiger partial charge in [0, 0.05) is 12.6 Å². The van der Waals surface area contributed by atoms with Gasteiger partial charge in [-0.15, -0.1) is 0 Å². The topological polar surface area (TPSA) is 84.0 Å². The Morgan fingerprint density at radius 1 is 1.18 bits per heavy atom. The number of rotatable bonds is 5. The van der Waals surface area contributed by atoms with Gasteiger partial charge in [0.25, 0.3) is 5.91 Å². The van der Waals surface area contributed by atoms with Crippen molar-refractivity contribution >= 4 is 23.7 Å². The Balaban J connectivity index is 1.85. The lowest BCUT2D eigenvalue weighted by molar-refractivity contribution is -0.145. The minimum Gasteiger partial charge on any atom is -0.456 e. The van der Waals surface area contributed by atoms with Crippen LogP contribution < -0.4 is 0 Å². The maximum absolute atomic E-state index is 11.8. The third kappa shape index (κ3) is 3.49. The summed E-state index contributed by atoms with van der Waals surface area (Å²) in [6.45, 7) is 0.931. The van der Waals surface area contributed by atoms with Gasteiger partial charge in [0.1, 0.15) is 13.1 Å². The first-order valence-corrected chi connectivity index (χ1v) is 6.69. The summed E-state index contributed by atoms with van der Waals surface area (Å²) in [5, 5.41) is 0. The molecule has 0 radical (unpaired) electrons. The van der Waals surface area contributed by atoms with Crippen molar-refractivity contribution in [2.75, 3.05) is 26.7 Å². The molecular formula is C15H16N2O5. The molecule has 0 bridgehead atoms. The number of ether oxygens (including phenoxy) is 1. The highest BCUT2D eigenvalue weighted by atomic mass is 16.5. The molecule has 0 N–H and O–H groups in total. The molecule has 1 heterocycles. The fourth-order valence-electron chi connectivity index (χ4n) is 1.97. The highest BCUT2D eigenvalue weighted by molar-refractivity contribution is 6.04. The highest BCUT2D eigenvalue weighted by Crippen LogP contribution is 2.08. The number of likely N-dealkylation sites (N-methyl/N-ethyl adjacent to an activating group) is 1. The molecule has 7 nitrogen and oxygen atoms in total. The van der Waals surface area contributed by atoms with Crippen LogP contribution in [-0.4, -0.2) is 60.2 Å². The van der Waals surface area contributed by atoms with Crippen LogP contribution in [-0.2, 0) is 14.3 Å². The van der Waals surface area contributed by atoms with Gasteiger partial charge in [0.2, 0.25) is 0 Å². The molecule has 3 amide bonds. The van der Waals surface area contributed by atoms with E-state index in [0.29, 0.717) is 5.56 Å². The number of esters is 1. The summed E-state index contributed by atoms with van der Waals surface area (Å²) in [7, 11) is 1.46. The van der Waals surface area contributed by atoms with Gasteiger partial charge in [-0.2, -0.15) is 0 Å². The second kappa shape index (κ2) is 6.38. The molecule has 0 spiro atoms. The first-order chi connectivity index (χ1) is 10.4. The molecule has 0 aliphatic carbocycles. The van der Waals surface area contributed by atoms with E-state index in [4.69, 9.17) is 4.74 Å². The zero-order chi connectivity index (χ0) is 16.3. The number of ketones is 1. The van der Waals surface area contributed by atoms with E-state index in [2.05, 4.69) is 0 Å². The zero-order valence-electron chi connectivity index (χ0n) is 12.4. The first kappa shape index (κ1) is 15.7. The summed E-state index contributed by atoms with van der Waals surface area (Å²) in [4.78, 5) is 48.6. The molecule has 1 aromatic carbocycles. The van der Waals surface area contributed by atoms with Crippen molar-refractivity contribution in [3.8, 4) is 0 Å². The molecule has 1 fully saturated rings. The monoisotopic (exact) mass is 304 g/mol. The maximum Gasteiger partial charge on any atom is 0.327 e. The van der Waals surface area contributed by atoms with Crippen molar-refractivity contribution in [3.63, 3.8) is 0 Å². The van der Waals surface area contributed by atoms with E-state index in [1.165, 1.54) is 11.9 Å². The van der Waals surface area contributed by atoms with Crippen molar-refractivity contribution in [2.24, 2.45) is 0 Å². The number of benzene rings is 1. The molecule has 0 saturated carbocycles. The number of hydrogen-bond acceptors (Lipinski definition) is 5. The predicted molar refractivity (Wildman–Crippen MR) is 76.2 cm³/mol. The smallest absolute Gasteiger partial charge is 0.327 e. The number of carbonyl (C=O) groups is 4. The molecule has 1 aliphatic rings. The number of urea groups is 1. The largest absolute Gasteiger partial charge is 0.456 e. The standard InChI is InChI=1S/C15H16N2O5/c1-10-3-5-11(6-4-10)12(18)9-22-14(20)8-17-13(19)7-16(2)15(17)21/h3-6H,7-9H2,1-2H3. The van der Waals surface area contributed by atoms with E-state index < -0.39 is 31.1 Å². The summed E-state index contributed by atoms with van der Waals surface area (Å²) in [6, 6.07) is 6.31. The number of carbonyl (C=O) groups excluding carboxylic acids is 4. The van der Waals surface area contributed by atoms with Crippen molar-refractivity contribution in [1.82, 2.24) is 9.80 Å². The molecule has 0 atom stereocenters. The van der Waals surface area contributed by atoms with Crippen LogP contribution in [0.1, 0.15) is 15.9 Å². The Bertz CT molecular complexity index is 623. The first-order valence-electron chi connectivity index (χ1n) is 6.69. The summed E-state index contributed by atoms with van der Waals surface area (Å²) >= 11 is 0. The molecule has 22 heavy (non-hydrogen) atoms. The van der Waals surface area contributed by atoms with Crippen LogP contribution in [0.15, 0.2) is 24.3 Å². The SMILES string of the molecule is Cc1ccc(C(=O)COC(=O)CN2C(=O)CN(C)C2=O)cc1. The third-order valence-corrected chi connectivity index (χ3v) is 3.26. The number of aryl methyl sites for hydroxylation is 1. The molecule has 7 heteroatoms. The van der Waals surface area contributed by atoms with Crippen LogP contribution in [0.3, 0.4) is 0 Å². The average Bonchev–Trinajstić information content (AvgIpc) is 2.72. The van der Waals surface area contributed by atoms with Crippen LogP contribution in [0.2, 0.25) is 0 Å². The van der Waals surface area contributed by atoms with E-state index >= 15 is 0 Å². The molecule has 116 valence electrons. The van der Waals surface area contributed by atoms with Crippen LogP contribution in [0, 0.1) is 6.92 Å². The van der Waals surface area contributed by atoms with Crippen molar-refractivity contribution in [2.45, 2.75) is 6.92 Å². The number of amides is 3. The Kier molecular flexibility index (Phi) is 4.55. The number of hydrogen-bond donors (Lipinski definition) is 0. The lowest BCUT2D eigenvalue weighted by Crippen LogP contribution is -2.37. The van der Waals surface area contributed by atoms with E-state index in [1.54, 1.807) is 24.3 Å². The molecule has 0 unspecified atom stereocenters. The van der Waals surface area contributed by atoms with E-state index in [9.17, 15) is 19.2 Å². The van der Waals surface area contributed by atoms with Gasteiger partial charge < -0.3 is 9.64 Å². The molecule has 0 aromatic heterocycles. The van der Waals surface area contributed by atoms with Crippen LogP contribution in [0.5, 0.6) is 0 Å². The number of nitrogens with zero attached hydrogens (tertiary/aromatic N) is 2. The quantitative estimate of drug-likeness (QED) is 0.452. The number of imide groups is 1. The Morgan fingerprint density at radius 3 is 2.36 bits per heavy atom. The van der Waals surface area contributed by atoms with Crippen LogP contribution in [0.25, 0.3) is 0 Å². The van der Waals surface area contributed by atoms with E-state index in [1.807, 2.05) is 6.92 Å². The average molecular weight is 304 g/mol. The number of Topliss-reactive ketones (excluding diaryl/α,β-unsaturated/α-hetero) is 1. The second-order valence-corrected chi connectivity index (χ2v) is 5.07. The lowest BCUT2D eigenvalue weighted by Gasteiger charge is -2.13. The van der Waals surface area contributed by atoms with Gasteiger partial charge in [0.15, 0.2) is 12.4 Å². The van der Waals surface area contributed by atoms with Gasteiger partial charge >= 0.3 is 12.0 Å². The normalized spacial score (nSPS) is 14.5. The summed E-state index contributed by atoms with van der Waals surface area (Å²) < 4.78 is 4.83. The maximum atomic E-state index is 11.8. The van der Waals surface area contributed by atoms with Gasteiger partial charge in [-0.25, -0.2) is 4.79 Å². The van der Waals surface area contributed by atoms with Gasteiger partial charge in [-0.3, -0.25) is 19.3 Å². The predicted octanol–water partition coefficient (Wildman–Crippen LogP) is 0.615. The van der Waals surface area contributed by atoms with Gasteiger partial charge in [-0.05, 0) is 6.92 Å². The Hall–Kier alpha value is -2.70. The minimum atomic E-state index is -0.794. The summed E-state index contributed by atoms with van der Waals surface area (Å²) in [5.74, 6) is -1.60. The zero-order valence-corrected chi connectivity index (χ0v) is 12.4.